The van der Waals surface area contributed by atoms with E-state index in [0.29, 0.717) is 5.41 Å². The molecule has 98 valence electrons. The summed E-state index contributed by atoms with van der Waals surface area (Å²) in [4.78, 5) is 0. The van der Waals surface area contributed by atoms with E-state index in [4.69, 9.17) is 0 Å². The van der Waals surface area contributed by atoms with Crippen molar-refractivity contribution in [1.29, 1.82) is 0 Å². The predicted molar refractivity (Wildman–Crippen MR) is 72.1 cm³/mol. The molecule has 2 unspecified atom stereocenters. The molecular formula is C15H28N2. The topological polar surface area (TPSA) is 24.1 Å². The van der Waals surface area contributed by atoms with Crippen LogP contribution in [0.1, 0.15) is 58.3 Å². The third-order valence-electron chi connectivity index (χ3n) is 5.41. The fourth-order valence-electron chi connectivity index (χ4n) is 4.06. The third-order valence-corrected chi connectivity index (χ3v) is 5.41. The molecule has 0 spiro atoms. The Kier molecular flexibility index (Phi) is 3.45. The molecule has 0 aromatic carbocycles. The minimum absolute atomic E-state index is 0.646. The van der Waals surface area contributed by atoms with E-state index in [9.17, 15) is 0 Å². The van der Waals surface area contributed by atoms with Gasteiger partial charge in [0.2, 0.25) is 0 Å². The monoisotopic (exact) mass is 236 g/mol. The number of fused-ring (bicyclic) bond motifs is 2. The zero-order valence-corrected chi connectivity index (χ0v) is 11.3. The van der Waals surface area contributed by atoms with Crippen molar-refractivity contribution in [3.05, 3.63) is 0 Å². The fourth-order valence-corrected chi connectivity index (χ4v) is 4.06. The highest BCUT2D eigenvalue weighted by atomic mass is 15.0. The first kappa shape index (κ1) is 12.0. The molecule has 0 amide bonds. The van der Waals surface area contributed by atoms with Crippen molar-refractivity contribution in [2.24, 2.45) is 11.3 Å². The van der Waals surface area contributed by atoms with Gasteiger partial charge in [0.15, 0.2) is 0 Å². The van der Waals surface area contributed by atoms with Crippen LogP contribution in [0.25, 0.3) is 0 Å². The standard InChI is InChI=1S/C15H28N2/c1-15(6-2-7-15)11-16-8-5-12-9-13-3-4-14(10-12)17-13/h12-14,16-17H,2-11H2,1H3. The van der Waals surface area contributed by atoms with Gasteiger partial charge < -0.3 is 10.6 Å². The first-order valence-corrected chi connectivity index (χ1v) is 7.70. The first-order valence-electron chi connectivity index (χ1n) is 7.70. The predicted octanol–water partition coefficient (Wildman–Crippen LogP) is 2.69. The van der Waals surface area contributed by atoms with Crippen LogP contribution in [0.4, 0.5) is 0 Å². The molecule has 2 saturated heterocycles. The molecule has 2 heterocycles. The second-order valence-electron chi connectivity index (χ2n) is 7.10. The van der Waals surface area contributed by atoms with Crippen molar-refractivity contribution in [2.75, 3.05) is 13.1 Å². The van der Waals surface area contributed by atoms with Crippen molar-refractivity contribution in [3.8, 4) is 0 Å². The Hall–Kier alpha value is -0.0800. The minimum atomic E-state index is 0.646. The summed E-state index contributed by atoms with van der Waals surface area (Å²) in [6, 6.07) is 1.73. The Morgan fingerprint density at radius 3 is 2.47 bits per heavy atom. The molecule has 3 fully saturated rings. The molecule has 2 atom stereocenters. The average Bonchev–Trinajstić information content (AvgIpc) is 2.62. The molecule has 2 bridgehead atoms. The van der Waals surface area contributed by atoms with Crippen LogP contribution in [0.3, 0.4) is 0 Å². The van der Waals surface area contributed by atoms with E-state index in [1.807, 2.05) is 0 Å². The molecule has 1 aliphatic carbocycles. The van der Waals surface area contributed by atoms with Gasteiger partial charge in [-0.1, -0.05) is 13.3 Å². The van der Waals surface area contributed by atoms with Crippen LogP contribution >= 0.6 is 0 Å². The molecule has 2 N–H and O–H groups in total. The Morgan fingerprint density at radius 1 is 1.18 bits per heavy atom. The second-order valence-corrected chi connectivity index (χ2v) is 7.10. The molecule has 2 heteroatoms. The van der Waals surface area contributed by atoms with Gasteiger partial charge in [0.25, 0.3) is 0 Å². The molecule has 1 saturated carbocycles. The number of nitrogens with one attached hydrogen (secondary N) is 2. The van der Waals surface area contributed by atoms with Gasteiger partial charge in [0, 0.05) is 18.6 Å². The van der Waals surface area contributed by atoms with Gasteiger partial charge in [-0.15, -0.1) is 0 Å². The lowest BCUT2D eigenvalue weighted by Gasteiger charge is -2.38. The van der Waals surface area contributed by atoms with Crippen LogP contribution in [0.5, 0.6) is 0 Å². The van der Waals surface area contributed by atoms with Crippen LogP contribution in [0.2, 0.25) is 0 Å². The van der Waals surface area contributed by atoms with Crippen LogP contribution in [0.15, 0.2) is 0 Å². The Labute approximate surface area is 106 Å². The number of hydrogen-bond donors (Lipinski definition) is 2. The lowest BCUT2D eigenvalue weighted by molar-refractivity contribution is 0.155. The van der Waals surface area contributed by atoms with Gasteiger partial charge in [0.1, 0.15) is 0 Å². The van der Waals surface area contributed by atoms with Crippen LogP contribution in [-0.4, -0.2) is 25.2 Å². The second kappa shape index (κ2) is 4.89. The zero-order valence-electron chi connectivity index (χ0n) is 11.3. The molecule has 17 heavy (non-hydrogen) atoms. The van der Waals surface area contributed by atoms with Gasteiger partial charge in [-0.05, 0) is 62.8 Å². The zero-order chi connectivity index (χ0) is 11.7. The maximum absolute atomic E-state index is 3.73. The van der Waals surface area contributed by atoms with Gasteiger partial charge in [-0.25, -0.2) is 0 Å². The largest absolute Gasteiger partial charge is 0.316 e. The molecule has 2 nitrogen and oxygen atoms in total. The van der Waals surface area contributed by atoms with Crippen LogP contribution in [-0.2, 0) is 0 Å². The van der Waals surface area contributed by atoms with E-state index in [0.717, 1.165) is 18.0 Å². The summed E-state index contributed by atoms with van der Waals surface area (Å²) in [6.07, 6.45) is 11.5. The summed E-state index contributed by atoms with van der Waals surface area (Å²) in [5, 5.41) is 7.44. The summed E-state index contributed by atoms with van der Waals surface area (Å²) in [5.41, 5.74) is 0.646. The summed E-state index contributed by atoms with van der Waals surface area (Å²) in [6.45, 7) is 4.94. The van der Waals surface area contributed by atoms with Crippen molar-refractivity contribution in [3.63, 3.8) is 0 Å². The number of hydrogen-bond acceptors (Lipinski definition) is 2. The highest BCUT2D eigenvalue weighted by molar-refractivity contribution is 4.92. The van der Waals surface area contributed by atoms with Gasteiger partial charge in [-0.3, -0.25) is 0 Å². The minimum Gasteiger partial charge on any atom is -0.316 e. The van der Waals surface area contributed by atoms with Crippen molar-refractivity contribution >= 4 is 0 Å². The molecule has 0 aromatic heterocycles. The normalized spacial score (nSPS) is 39.0. The molecular weight excluding hydrogens is 208 g/mol. The average molecular weight is 236 g/mol. The summed E-state index contributed by atoms with van der Waals surface area (Å²) < 4.78 is 0. The van der Waals surface area contributed by atoms with Crippen molar-refractivity contribution < 1.29 is 0 Å². The Morgan fingerprint density at radius 2 is 1.88 bits per heavy atom. The van der Waals surface area contributed by atoms with Gasteiger partial charge in [0.05, 0.1) is 0 Å². The van der Waals surface area contributed by atoms with Gasteiger partial charge >= 0.3 is 0 Å². The van der Waals surface area contributed by atoms with Crippen LogP contribution in [0, 0.1) is 11.3 Å². The van der Waals surface area contributed by atoms with E-state index < -0.39 is 0 Å². The van der Waals surface area contributed by atoms with E-state index in [2.05, 4.69) is 17.6 Å². The Bertz CT molecular complexity index is 248. The molecule has 0 aromatic rings. The highest BCUT2D eigenvalue weighted by Gasteiger charge is 2.33. The van der Waals surface area contributed by atoms with Gasteiger partial charge in [-0.2, -0.15) is 0 Å². The fraction of sp³-hybridized carbons (Fsp3) is 1.00. The van der Waals surface area contributed by atoms with E-state index in [-0.39, 0.29) is 0 Å². The summed E-state index contributed by atoms with van der Waals surface area (Å²) in [7, 11) is 0. The SMILES string of the molecule is CC1(CNCCC2CC3CCC(C2)N3)CCC1. The Balaban J connectivity index is 1.32. The van der Waals surface area contributed by atoms with E-state index in [1.54, 1.807) is 0 Å². The van der Waals surface area contributed by atoms with E-state index in [1.165, 1.54) is 64.5 Å². The summed E-state index contributed by atoms with van der Waals surface area (Å²) in [5.74, 6) is 0.996. The van der Waals surface area contributed by atoms with E-state index >= 15 is 0 Å². The summed E-state index contributed by atoms with van der Waals surface area (Å²) >= 11 is 0. The molecule has 3 rings (SSSR count). The lowest BCUT2D eigenvalue weighted by Crippen LogP contribution is -2.40. The number of rotatable bonds is 5. The first-order chi connectivity index (χ1) is 8.23. The maximum Gasteiger partial charge on any atom is 0.00728 e. The van der Waals surface area contributed by atoms with Crippen LogP contribution < -0.4 is 10.6 Å². The number of piperidine rings is 1. The third kappa shape index (κ3) is 2.85. The lowest BCUT2D eigenvalue weighted by atomic mass is 9.70. The molecule has 0 radical (unpaired) electrons. The quantitative estimate of drug-likeness (QED) is 0.717. The molecule has 2 aliphatic heterocycles. The maximum atomic E-state index is 3.73. The van der Waals surface area contributed by atoms with Crippen molar-refractivity contribution in [2.45, 2.75) is 70.4 Å². The molecule has 3 aliphatic rings. The smallest absolute Gasteiger partial charge is 0.00728 e. The highest BCUT2D eigenvalue weighted by Crippen LogP contribution is 2.39. The van der Waals surface area contributed by atoms with Crippen molar-refractivity contribution in [1.82, 2.24) is 10.6 Å².